The molecule has 0 heterocycles. The Morgan fingerprint density at radius 3 is 2.69 bits per heavy atom. The Balaban J connectivity index is 2.74. The lowest BCUT2D eigenvalue weighted by molar-refractivity contribution is 0.914. The van der Waals surface area contributed by atoms with Crippen LogP contribution in [0.3, 0.4) is 0 Å². The van der Waals surface area contributed by atoms with Crippen molar-refractivity contribution in [3.63, 3.8) is 0 Å². The molecule has 0 saturated heterocycles. The van der Waals surface area contributed by atoms with Gasteiger partial charge in [0.25, 0.3) is 0 Å². The number of nitrogens with one attached hydrogen (secondary N) is 1. The van der Waals surface area contributed by atoms with Crippen molar-refractivity contribution < 1.29 is 0 Å². The minimum atomic E-state index is 0.479. The van der Waals surface area contributed by atoms with E-state index < -0.39 is 0 Å². The minimum Gasteiger partial charge on any atom is -0.382 e. The smallest absolute Gasteiger partial charge is 0.0374 e. The Bertz CT molecular complexity index is 260. The molecule has 2 heteroatoms. The number of para-hydroxylation sites is 1. The van der Waals surface area contributed by atoms with Crippen LogP contribution in [0.5, 0.6) is 0 Å². The van der Waals surface area contributed by atoms with Gasteiger partial charge in [0.05, 0.1) is 0 Å². The van der Waals surface area contributed by atoms with Gasteiger partial charge in [-0.2, -0.15) is 0 Å². The highest BCUT2D eigenvalue weighted by Gasteiger charge is 2.02. The molecular weight excluding hydrogens is 226 g/mol. The lowest BCUT2D eigenvalue weighted by Gasteiger charge is -2.15. The number of rotatable bonds is 4. The summed E-state index contributed by atoms with van der Waals surface area (Å²) >= 11 is 3.46. The Kier molecular flexibility index (Phi) is 4.29. The number of aryl methyl sites for hydroxylation is 1. The Morgan fingerprint density at radius 2 is 2.08 bits per heavy atom. The summed E-state index contributed by atoms with van der Waals surface area (Å²) in [4.78, 5) is 0. The van der Waals surface area contributed by atoms with Crippen LogP contribution >= 0.6 is 15.9 Å². The van der Waals surface area contributed by atoms with Crippen LogP contribution in [0.2, 0.25) is 0 Å². The second-order valence-electron chi connectivity index (χ2n) is 3.21. The Labute approximate surface area is 88.7 Å². The lowest BCUT2D eigenvalue weighted by atomic mass is 10.1. The minimum absolute atomic E-state index is 0.479. The fourth-order valence-corrected chi connectivity index (χ4v) is 1.44. The molecule has 1 N–H and O–H groups in total. The summed E-state index contributed by atoms with van der Waals surface area (Å²) in [5.41, 5.74) is 2.65. The summed E-state index contributed by atoms with van der Waals surface area (Å²) in [6.07, 6.45) is 1.08. The topological polar surface area (TPSA) is 12.0 Å². The molecule has 1 aromatic carbocycles. The van der Waals surface area contributed by atoms with E-state index in [1.807, 2.05) is 0 Å². The highest BCUT2D eigenvalue weighted by molar-refractivity contribution is 9.09. The number of hydrogen-bond donors (Lipinski definition) is 1. The van der Waals surface area contributed by atoms with Gasteiger partial charge >= 0.3 is 0 Å². The van der Waals surface area contributed by atoms with Crippen LogP contribution in [0.4, 0.5) is 5.69 Å². The zero-order valence-corrected chi connectivity index (χ0v) is 9.76. The quantitative estimate of drug-likeness (QED) is 0.797. The van der Waals surface area contributed by atoms with E-state index in [-0.39, 0.29) is 0 Å². The van der Waals surface area contributed by atoms with Crippen molar-refractivity contribution in [3.05, 3.63) is 29.8 Å². The highest BCUT2D eigenvalue weighted by atomic mass is 79.9. The third-order valence-corrected chi connectivity index (χ3v) is 3.00. The van der Waals surface area contributed by atoms with E-state index in [2.05, 4.69) is 59.4 Å². The van der Waals surface area contributed by atoms with E-state index in [0.29, 0.717) is 6.04 Å². The second-order valence-corrected chi connectivity index (χ2v) is 3.86. The van der Waals surface area contributed by atoms with Gasteiger partial charge in [0.15, 0.2) is 0 Å². The summed E-state index contributed by atoms with van der Waals surface area (Å²) in [5, 5.41) is 4.44. The standard InChI is InChI=1S/C11H16BrN/c1-3-10-6-4-5-7-11(10)13-9(2)8-12/h4-7,9,13H,3,8H2,1-2H3. The maximum atomic E-state index is 3.46. The first-order valence-corrected chi connectivity index (χ1v) is 5.80. The summed E-state index contributed by atoms with van der Waals surface area (Å²) in [6, 6.07) is 8.94. The van der Waals surface area contributed by atoms with E-state index in [4.69, 9.17) is 0 Å². The van der Waals surface area contributed by atoms with E-state index in [9.17, 15) is 0 Å². The van der Waals surface area contributed by atoms with Gasteiger partial charge in [-0.25, -0.2) is 0 Å². The van der Waals surface area contributed by atoms with E-state index in [1.54, 1.807) is 0 Å². The largest absolute Gasteiger partial charge is 0.382 e. The predicted molar refractivity (Wildman–Crippen MR) is 62.7 cm³/mol. The van der Waals surface area contributed by atoms with Crippen LogP contribution in [0.15, 0.2) is 24.3 Å². The molecule has 0 aliphatic rings. The van der Waals surface area contributed by atoms with Gasteiger partial charge in [-0.05, 0) is 25.0 Å². The predicted octanol–water partition coefficient (Wildman–Crippen LogP) is 3.44. The molecule has 72 valence electrons. The Hall–Kier alpha value is -0.500. The normalized spacial score (nSPS) is 12.5. The van der Waals surface area contributed by atoms with Crippen molar-refractivity contribution in [3.8, 4) is 0 Å². The van der Waals surface area contributed by atoms with Gasteiger partial charge in [0.1, 0.15) is 0 Å². The van der Waals surface area contributed by atoms with Crippen molar-refractivity contribution in [1.29, 1.82) is 0 Å². The molecule has 1 nitrogen and oxygen atoms in total. The van der Waals surface area contributed by atoms with Gasteiger partial charge in [-0.1, -0.05) is 41.1 Å². The first-order chi connectivity index (χ1) is 6.27. The van der Waals surface area contributed by atoms with Gasteiger partial charge in [0, 0.05) is 17.1 Å². The van der Waals surface area contributed by atoms with Crippen molar-refractivity contribution in [2.24, 2.45) is 0 Å². The summed E-state index contributed by atoms with van der Waals surface area (Å²) < 4.78 is 0. The first-order valence-electron chi connectivity index (χ1n) is 4.68. The van der Waals surface area contributed by atoms with Gasteiger partial charge in [-0.3, -0.25) is 0 Å². The maximum absolute atomic E-state index is 3.46. The fourth-order valence-electron chi connectivity index (χ4n) is 1.27. The molecule has 0 bridgehead atoms. The van der Waals surface area contributed by atoms with Gasteiger partial charge in [-0.15, -0.1) is 0 Å². The molecule has 1 unspecified atom stereocenters. The molecule has 0 radical (unpaired) electrons. The number of anilines is 1. The maximum Gasteiger partial charge on any atom is 0.0374 e. The number of alkyl halides is 1. The van der Waals surface area contributed by atoms with Crippen LogP contribution in [-0.4, -0.2) is 11.4 Å². The molecular formula is C11H16BrN. The average Bonchev–Trinajstić information content (AvgIpc) is 2.18. The molecule has 0 fully saturated rings. The first kappa shape index (κ1) is 10.6. The van der Waals surface area contributed by atoms with Gasteiger partial charge in [0.2, 0.25) is 0 Å². The Morgan fingerprint density at radius 1 is 1.38 bits per heavy atom. The molecule has 13 heavy (non-hydrogen) atoms. The van der Waals surface area contributed by atoms with Crippen LogP contribution in [-0.2, 0) is 6.42 Å². The monoisotopic (exact) mass is 241 g/mol. The molecule has 0 amide bonds. The third kappa shape index (κ3) is 3.03. The van der Waals surface area contributed by atoms with Crippen molar-refractivity contribution in [1.82, 2.24) is 0 Å². The van der Waals surface area contributed by atoms with Crippen molar-refractivity contribution in [2.75, 3.05) is 10.6 Å². The zero-order valence-electron chi connectivity index (χ0n) is 8.18. The van der Waals surface area contributed by atoms with Crippen LogP contribution in [0.1, 0.15) is 19.4 Å². The number of halogens is 1. The van der Waals surface area contributed by atoms with E-state index in [0.717, 1.165) is 11.8 Å². The van der Waals surface area contributed by atoms with Crippen LogP contribution < -0.4 is 5.32 Å². The summed E-state index contributed by atoms with van der Waals surface area (Å²) in [7, 11) is 0. The molecule has 0 saturated carbocycles. The third-order valence-electron chi connectivity index (χ3n) is 2.03. The average molecular weight is 242 g/mol. The molecule has 0 aliphatic heterocycles. The second kappa shape index (κ2) is 5.28. The van der Waals surface area contributed by atoms with E-state index in [1.165, 1.54) is 11.3 Å². The van der Waals surface area contributed by atoms with Gasteiger partial charge < -0.3 is 5.32 Å². The number of benzene rings is 1. The number of hydrogen-bond acceptors (Lipinski definition) is 1. The highest BCUT2D eigenvalue weighted by Crippen LogP contribution is 2.16. The van der Waals surface area contributed by atoms with Crippen molar-refractivity contribution >= 4 is 21.6 Å². The van der Waals surface area contributed by atoms with Crippen LogP contribution in [0.25, 0.3) is 0 Å². The molecule has 1 rings (SSSR count). The molecule has 1 aromatic rings. The molecule has 1 atom stereocenters. The summed E-state index contributed by atoms with van der Waals surface area (Å²) in [6.45, 7) is 4.35. The lowest BCUT2D eigenvalue weighted by Crippen LogP contribution is -2.17. The molecule has 0 spiro atoms. The zero-order chi connectivity index (χ0) is 9.68. The SMILES string of the molecule is CCc1ccccc1NC(C)CBr. The van der Waals surface area contributed by atoms with Crippen LogP contribution in [0, 0.1) is 0 Å². The fraction of sp³-hybridized carbons (Fsp3) is 0.455. The molecule has 0 aromatic heterocycles. The summed E-state index contributed by atoms with van der Waals surface area (Å²) in [5.74, 6) is 0. The van der Waals surface area contributed by atoms with E-state index >= 15 is 0 Å². The van der Waals surface area contributed by atoms with Crippen molar-refractivity contribution in [2.45, 2.75) is 26.3 Å². The molecule has 0 aliphatic carbocycles.